The molecule has 2 heterocycles. The van der Waals surface area contributed by atoms with Crippen LogP contribution in [-0.4, -0.2) is 44.8 Å². The number of anilines is 2. The Bertz CT molecular complexity index is 917. The van der Waals surface area contributed by atoms with Crippen LogP contribution in [0.3, 0.4) is 0 Å². The van der Waals surface area contributed by atoms with Crippen LogP contribution in [0.25, 0.3) is 0 Å². The first-order valence-electron chi connectivity index (χ1n) is 10.2. The highest BCUT2D eigenvalue weighted by atomic mass is 32.2. The highest BCUT2D eigenvalue weighted by Gasteiger charge is 2.27. The van der Waals surface area contributed by atoms with Crippen molar-refractivity contribution in [2.24, 2.45) is 0 Å². The van der Waals surface area contributed by atoms with E-state index in [2.05, 4.69) is 10.2 Å². The Morgan fingerprint density at radius 1 is 1.14 bits per heavy atom. The lowest BCUT2D eigenvalue weighted by Crippen LogP contribution is -2.35. The molecule has 158 valence electrons. The van der Waals surface area contributed by atoms with Gasteiger partial charge in [-0.15, -0.1) is 11.3 Å². The molecule has 0 radical (unpaired) electrons. The maximum absolute atomic E-state index is 13.1. The minimum Gasteiger partial charge on any atom is -0.370 e. The molecular formula is C21H29N3O3S2. The molecule has 1 aromatic carbocycles. The van der Waals surface area contributed by atoms with Crippen molar-refractivity contribution >= 4 is 38.6 Å². The lowest BCUT2D eigenvalue weighted by molar-refractivity contribution is -0.115. The lowest BCUT2D eigenvalue weighted by atomic mass is 10.2. The zero-order valence-corrected chi connectivity index (χ0v) is 18.7. The first-order valence-corrected chi connectivity index (χ1v) is 12.5. The van der Waals surface area contributed by atoms with Crippen molar-refractivity contribution in [1.82, 2.24) is 4.31 Å². The predicted molar refractivity (Wildman–Crippen MR) is 119 cm³/mol. The van der Waals surface area contributed by atoms with Gasteiger partial charge in [-0.05, 0) is 56.3 Å². The SMILES string of the molecule is CCN(CC)c1ccc(S(=O)(=O)N2CCCCC2)cc1NC(=O)Cc1cccs1. The molecule has 1 aliphatic heterocycles. The van der Waals surface area contributed by atoms with E-state index in [0.29, 0.717) is 18.8 Å². The van der Waals surface area contributed by atoms with Gasteiger partial charge < -0.3 is 10.2 Å². The van der Waals surface area contributed by atoms with E-state index < -0.39 is 10.0 Å². The Hall–Kier alpha value is -1.90. The average molecular weight is 436 g/mol. The smallest absolute Gasteiger partial charge is 0.243 e. The van der Waals surface area contributed by atoms with Crippen LogP contribution in [0, 0.1) is 0 Å². The van der Waals surface area contributed by atoms with Crippen molar-refractivity contribution in [3.05, 3.63) is 40.6 Å². The van der Waals surface area contributed by atoms with Crippen molar-refractivity contribution in [3.63, 3.8) is 0 Å². The second-order valence-electron chi connectivity index (χ2n) is 7.12. The van der Waals surface area contributed by atoms with Gasteiger partial charge in [0.15, 0.2) is 0 Å². The first kappa shape index (κ1) is 21.8. The van der Waals surface area contributed by atoms with Gasteiger partial charge in [-0.1, -0.05) is 12.5 Å². The summed E-state index contributed by atoms with van der Waals surface area (Å²) in [6.45, 7) is 6.73. The number of sulfonamides is 1. The van der Waals surface area contributed by atoms with E-state index in [4.69, 9.17) is 0 Å². The van der Waals surface area contributed by atoms with Crippen molar-refractivity contribution in [1.29, 1.82) is 0 Å². The average Bonchev–Trinajstić information content (AvgIpc) is 3.23. The highest BCUT2D eigenvalue weighted by Crippen LogP contribution is 2.31. The van der Waals surface area contributed by atoms with Gasteiger partial charge >= 0.3 is 0 Å². The molecule has 1 N–H and O–H groups in total. The van der Waals surface area contributed by atoms with Gasteiger partial charge in [0, 0.05) is 31.1 Å². The minimum atomic E-state index is -3.56. The van der Waals surface area contributed by atoms with Gasteiger partial charge in [-0.25, -0.2) is 8.42 Å². The molecule has 3 rings (SSSR count). The predicted octanol–water partition coefficient (Wildman–Crippen LogP) is 3.95. The molecule has 0 unspecified atom stereocenters. The van der Waals surface area contributed by atoms with E-state index in [1.165, 1.54) is 11.3 Å². The van der Waals surface area contributed by atoms with Gasteiger partial charge in [-0.2, -0.15) is 4.31 Å². The summed E-state index contributed by atoms with van der Waals surface area (Å²) in [5.74, 6) is -0.145. The molecule has 29 heavy (non-hydrogen) atoms. The van der Waals surface area contributed by atoms with Crippen molar-refractivity contribution < 1.29 is 13.2 Å². The summed E-state index contributed by atoms with van der Waals surface area (Å²) in [5.41, 5.74) is 1.39. The van der Waals surface area contributed by atoms with Crippen molar-refractivity contribution in [2.45, 2.75) is 44.4 Å². The number of nitrogens with one attached hydrogen (secondary N) is 1. The zero-order chi connectivity index (χ0) is 20.9. The van der Waals surface area contributed by atoms with E-state index in [0.717, 1.165) is 42.9 Å². The van der Waals surface area contributed by atoms with Crippen LogP contribution in [0.1, 0.15) is 38.0 Å². The Balaban J connectivity index is 1.91. The third kappa shape index (κ3) is 5.18. The van der Waals surface area contributed by atoms with E-state index in [1.54, 1.807) is 16.4 Å². The summed E-state index contributed by atoms with van der Waals surface area (Å²) in [7, 11) is -3.56. The molecule has 0 bridgehead atoms. The summed E-state index contributed by atoms with van der Waals surface area (Å²) >= 11 is 1.53. The Morgan fingerprint density at radius 2 is 1.86 bits per heavy atom. The minimum absolute atomic E-state index is 0.145. The summed E-state index contributed by atoms with van der Waals surface area (Å²) in [6.07, 6.45) is 3.12. The highest BCUT2D eigenvalue weighted by molar-refractivity contribution is 7.89. The van der Waals surface area contributed by atoms with Gasteiger partial charge in [-0.3, -0.25) is 4.79 Å². The second-order valence-corrected chi connectivity index (χ2v) is 10.1. The lowest BCUT2D eigenvalue weighted by Gasteiger charge is -2.28. The monoisotopic (exact) mass is 435 g/mol. The number of hydrogen-bond donors (Lipinski definition) is 1. The molecule has 0 atom stereocenters. The Kier molecular flexibility index (Phi) is 7.32. The summed E-state index contributed by atoms with van der Waals surface area (Å²) in [4.78, 5) is 15.9. The number of benzene rings is 1. The van der Waals surface area contributed by atoms with Gasteiger partial charge in [0.25, 0.3) is 0 Å². The maximum atomic E-state index is 13.1. The topological polar surface area (TPSA) is 69.7 Å². The van der Waals surface area contributed by atoms with E-state index in [-0.39, 0.29) is 17.2 Å². The molecule has 0 aliphatic carbocycles. The van der Waals surface area contributed by atoms with Crippen LogP contribution in [-0.2, 0) is 21.2 Å². The molecule has 8 heteroatoms. The maximum Gasteiger partial charge on any atom is 0.243 e. The molecular weight excluding hydrogens is 406 g/mol. The molecule has 1 amide bonds. The molecule has 1 fully saturated rings. The fourth-order valence-electron chi connectivity index (χ4n) is 3.64. The van der Waals surface area contributed by atoms with Crippen molar-refractivity contribution in [2.75, 3.05) is 36.4 Å². The standard InChI is InChI=1S/C21H29N3O3S2/c1-3-23(4-2)20-11-10-18(29(26,27)24-12-6-5-7-13-24)16-19(20)22-21(25)15-17-9-8-14-28-17/h8-11,14,16H,3-7,12-13,15H2,1-2H3,(H,22,25). The van der Waals surface area contributed by atoms with Crippen LogP contribution < -0.4 is 10.2 Å². The van der Waals surface area contributed by atoms with E-state index in [1.807, 2.05) is 37.4 Å². The fraction of sp³-hybridized carbons (Fsp3) is 0.476. The number of nitrogens with zero attached hydrogens (tertiary/aromatic N) is 2. The Labute approximate surface area is 177 Å². The quantitative estimate of drug-likeness (QED) is 0.682. The molecule has 0 saturated carbocycles. The summed E-state index contributed by atoms with van der Waals surface area (Å²) in [5, 5.41) is 4.90. The number of thiophene rings is 1. The van der Waals surface area contributed by atoms with E-state index in [9.17, 15) is 13.2 Å². The number of carbonyl (C=O) groups excluding carboxylic acids is 1. The third-order valence-corrected chi connectivity index (χ3v) is 7.98. The van der Waals surface area contributed by atoms with E-state index >= 15 is 0 Å². The molecule has 1 aliphatic rings. The number of carbonyl (C=O) groups is 1. The molecule has 1 aromatic heterocycles. The van der Waals surface area contributed by atoms with Crippen LogP contribution >= 0.6 is 11.3 Å². The van der Waals surface area contributed by atoms with Crippen LogP contribution in [0.5, 0.6) is 0 Å². The summed E-state index contributed by atoms with van der Waals surface area (Å²) in [6, 6.07) is 8.92. The van der Waals surface area contributed by atoms with Gasteiger partial charge in [0.1, 0.15) is 0 Å². The van der Waals surface area contributed by atoms with Crippen LogP contribution in [0.15, 0.2) is 40.6 Å². The zero-order valence-electron chi connectivity index (χ0n) is 17.1. The largest absolute Gasteiger partial charge is 0.370 e. The molecule has 6 nitrogen and oxygen atoms in total. The Morgan fingerprint density at radius 3 is 2.48 bits per heavy atom. The van der Waals surface area contributed by atoms with Crippen LogP contribution in [0.4, 0.5) is 11.4 Å². The number of amides is 1. The number of piperidine rings is 1. The van der Waals surface area contributed by atoms with Crippen LogP contribution in [0.2, 0.25) is 0 Å². The first-order chi connectivity index (χ1) is 14.0. The van der Waals surface area contributed by atoms with Crippen molar-refractivity contribution in [3.8, 4) is 0 Å². The summed E-state index contributed by atoms with van der Waals surface area (Å²) < 4.78 is 27.8. The molecule has 0 spiro atoms. The fourth-order valence-corrected chi connectivity index (χ4v) is 5.88. The van der Waals surface area contributed by atoms with Gasteiger partial charge in [0.2, 0.25) is 15.9 Å². The third-order valence-electron chi connectivity index (χ3n) is 5.21. The molecule has 2 aromatic rings. The normalized spacial score (nSPS) is 15.2. The number of hydrogen-bond acceptors (Lipinski definition) is 5. The molecule has 1 saturated heterocycles. The van der Waals surface area contributed by atoms with Gasteiger partial charge in [0.05, 0.1) is 22.7 Å². The second kappa shape index (κ2) is 9.73. The number of rotatable bonds is 8.